The number of carbonyl (C=O) groups excluding carboxylic acids is 2. The summed E-state index contributed by atoms with van der Waals surface area (Å²) in [6.45, 7) is 0. The predicted octanol–water partition coefficient (Wildman–Crippen LogP) is 4.50. The van der Waals surface area contributed by atoms with Crippen LogP contribution in [0, 0.1) is 0 Å². The van der Waals surface area contributed by atoms with Crippen molar-refractivity contribution in [2.45, 2.75) is 0 Å². The molecule has 0 aliphatic carbocycles. The van der Waals surface area contributed by atoms with Crippen molar-refractivity contribution in [2.75, 3.05) is 0 Å². The van der Waals surface area contributed by atoms with Crippen LogP contribution in [-0.2, 0) is 4.79 Å². The van der Waals surface area contributed by atoms with Crippen LogP contribution in [0.4, 0.5) is 0 Å². The lowest BCUT2D eigenvalue weighted by atomic mass is 10.1. The first-order valence-electron chi connectivity index (χ1n) is 8.43. The van der Waals surface area contributed by atoms with E-state index in [-0.39, 0.29) is 5.70 Å². The van der Waals surface area contributed by atoms with E-state index in [1.54, 1.807) is 54.6 Å². The number of halogens is 1. The van der Waals surface area contributed by atoms with Crippen molar-refractivity contribution in [3.8, 4) is 11.5 Å². The van der Waals surface area contributed by atoms with Crippen molar-refractivity contribution in [3.63, 3.8) is 0 Å². The summed E-state index contributed by atoms with van der Waals surface area (Å²) in [5.41, 5.74) is 6.55. The van der Waals surface area contributed by atoms with Gasteiger partial charge in [0.05, 0.1) is 4.47 Å². The van der Waals surface area contributed by atoms with Gasteiger partial charge in [0.1, 0.15) is 17.2 Å². The van der Waals surface area contributed by atoms with Crippen molar-refractivity contribution in [2.24, 2.45) is 5.73 Å². The number of hydrogen-bond acceptors (Lipinski definition) is 3. The van der Waals surface area contributed by atoms with Crippen molar-refractivity contribution in [3.05, 3.63) is 100 Å². The number of para-hydroxylation sites is 1. The molecule has 5 nitrogen and oxygen atoms in total. The Bertz CT molecular complexity index is 1020. The number of carbonyl (C=O) groups is 2. The lowest BCUT2D eigenvalue weighted by Gasteiger charge is -2.09. The topological polar surface area (TPSA) is 81.4 Å². The van der Waals surface area contributed by atoms with Gasteiger partial charge in [-0.3, -0.25) is 9.59 Å². The Hall–Kier alpha value is -3.38. The molecule has 0 bridgehead atoms. The van der Waals surface area contributed by atoms with Gasteiger partial charge in [0.25, 0.3) is 11.8 Å². The zero-order valence-electron chi connectivity index (χ0n) is 14.8. The second-order valence-corrected chi connectivity index (χ2v) is 6.70. The maximum absolute atomic E-state index is 12.3. The van der Waals surface area contributed by atoms with Crippen molar-refractivity contribution in [1.82, 2.24) is 5.32 Å². The Morgan fingerprint density at radius 3 is 2.18 bits per heavy atom. The molecular formula is C22H17BrN2O3. The van der Waals surface area contributed by atoms with E-state index in [1.807, 2.05) is 24.3 Å². The van der Waals surface area contributed by atoms with Crippen LogP contribution in [0.3, 0.4) is 0 Å². The minimum atomic E-state index is -0.724. The van der Waals surface area contributed by atoms with Crippen LogP contribution < -0.4 is 15.8 Å². The van der Waals surface area contributed by atoms with Crippen LogP contribution in [0.25, 0.3) is 6.08 Å². The number of benzene rings is 3. The standard InChI is InChI=1S/C22H17BrN2O3/c23-18-8-4-5-9-20(18)28-17-12-10-15(11-13-17)14-19(21(24)26)25-22(27)16-6-2-1-3-7-16/h1-14H,(H2,24,26)(H,25,27). The van der Waals surface area contributed by atoms with Gasteiger partial charge in [-0.15, -0.1) is 0 Å². The molecule has 0 spiro atoms. The molecule has 3 aromatic carbocycles. The second-order valence-electron chi connectivity index (χ2n) is 5.84. The fraction of sp³-hybridized carbons (Fsp3) is 0. The Labute approximate surface area is 171 Å². The summed E-state index contributed by atoms with van der Waals surface area (Å²) < 4.78 is 6.66. The number of rotatable bonds is 6. The third-order valence-electron chi connectivity index (χ3n) is 3.81. The zero-order chi connectivity index (χ0) is 19.9. The average Bonchev–Trinajstić information content (AvgIpc) is 2.71. The lowest BCUT2D eigenvalue weighted by molar-refractivity contribution is -0.114. The first kappa shape index (κ1) is 19.4. The van der Waals surface area contributed by atoms with Crippen molar-refractivity contribution in [1.29, 1.82) is 0 Å². The highest BCUT2D eigenvalue weighted by atomic mass is 79.9. The highest BCUT2D eigenvalue weighted by Gasteiger charge is 2.11. The smallest absolute Gasteiger partial charge is 0.265 e. The molecule has 140 valence electrons. The number of nitrogens with one attached hydrogen (secondary N) is 1. The molecular weight excluding hydrogens is 420 g/mol. The monoisotopic (exact) mass is 436 g/mol. The molecule has 2 amide bonds. The zero-order valence-corrected chi connectivity index (χ0v) is 16.3. The Balaban J connectivity index is 1.75. The molecule has 0 aromatic heterocycles. The molecule has 0 atom stereocenters. The third-order valence-corrected chi connectivity index (χ3v) is 4.46. The van der Waals surface area contributed by atoms with Gasteiger partial charge in [-0.25, -0.2) is 0 Å². The summed E-state index contributed by atoms with van der Waals surface area (Å²) in [5.74, 6) is 0.203. The van der Waals surface area contributed by atoms with Crippen LogP contribution in [0.5, 0.6) is 11.5 Å². The molecule has 0 unspecified atom stereocenters. The van der Waals surface area contributed by atoms with Crippen LogP contribution in [0.1, 0.15) is 15.9 Å². The summed E-state index contributed by atoms with van der Waals surface area (Å²) in [6, 6.07) is 23.2. The molecule has 3 N–H and O–H groups in total. The Morgan fingerprint density at radius 1 is 0.893 bits per heavy atom. The van der Waals surface area contributed by atoms with Gasteiger partial charge in [-0.2, -0.15) is 0 Å². The normalized spacial score (nSPS) is 11.0. The number of ether oxygens (including phenoxy) is 1. The molecule has 0 radical (unpaired) electrons. The van der Waals surface area contributed by atoms with Crippen LogP contribution in [-0.4, -0.2) is 11.8 Å². The van der Waals surface area contributed by atoms with E-state index in [4.69, 9.17) is 10.5 Å². The first-order valence-corrected chi connectivity index (χ1v) is 9.22. The summed E-state index contributed by atoms with van der Waals surface area (Å²) in [7, 11) is 0. The van der Waals surface area contributed by atoms with E-state index in [9.17, 15) is 9.59 Å². The summed E-state index contributed by atoms with van der Waals surface area (Å²) in [5, 5.41) is 2.55. The van der Waals surface area contributed by atoms with Crippen LogP contribution in [0.15, 0.2) is 89.0 Å². The second kappa shape index (κ2) is 9.01. The van der Waals surface area contributed by atoms with E-state index >= 15 is 0 Å². The number of amides is 2. The van der Waals surface area contributed by atoms with E-state index in [1.165, 1.54) is 6.08 Å². The van der Waals surface area contributed by atoms with E-state index in [0.717, 1.165) is 4.47 Å². The van der Waals surface area contributed by atoms with Gasteiger partial charge >= 0.3 is 0 Å². The highest BCUT2D eigenvalue weighted by molar-refractivity contribution is 9.10. The van der Waals surface area contributed by atoms with Gasteiger partial charge in [0.15, 0.2) is 0 Å². The fourth-order valence-electron chi connectivity index (χ4n) is 2.41. The Kier molecular flexibility index (Phi) is 6.24. The first-order chi connectivity index (χ1) is 13.5. The summed E-state index contributed by atoms with van der Waals surface area (Å²) >= 11 is 3.43. The Morgan fingerprint density at radius 2 is 1.54 bits per heavy atom. The number of primary amides is 1. The van der Waals surface area contributed by atoms with Gasteiger partial charge < -0.3 is 15.8 Å². The van der Waals surface area contributed by atoms with E-state index in [0.29, 0.717) is 22.6 Å². The fourth-order valence-corrected chi connectivity index (χ4v) is 2.77. The maximum atomic E-state index is 12.3. The highest BCUT2D eigenvalue weighted by Crippen LogP contribution is 2.29. The van der Waals surface area contributed by atoms with Gasteiger partial charge in [0.2, 0.25) is 0 Å². The van der Waals surface area contributed by atoms with Gasteiger partial charge in [0, 0.05) is 5.56 Å². The summed E-state index contributed by atoms with van der Waals surface area (Å²) in [6.07, 6.45) is 1.52. The van der Waals surface area contributed by atoms with E-state index < -0.39 is 11.8 Å². The SMILES string of the molecule is NC(=O)C(=Cc1ccc(Oc2ccccc2Br)cc1)NC(=O)c1ccccc1. The van der Waals surface area contributed by atoms with Crippen molar-refractivity contribution < 1.29 is 14.3 Å². The average molecular weight is 437 g/mol. The minimum Gasteiger partial charge on any atom is -0.456 e. The van der Waals surface area contributed by atoms with Crippen LogP contribution in [0.2, 0.25) is 0 Å². The quantitative estimate of drug-likeness (QED) is 0.558. The molecule has 6 heteroatoms. The van der Waals surface area contributed by atoms with Gasteiger partial charge in [-0.05, 0) is 64.0 Å². The van der Waals surface area contributed by atoms with Gasteiger partial charge in [-0.1, -0.05) is 42.5 Å². The van der Waals surface area contributed by atoms with Crippen molar-refractivity contribution >= 4 is 33.8 Å². The molecule has 0 aliphatic rings. The third kappa shape index (κ3) is 5.08. The molecule has 0 aliphatic heterocycles. The largest absolute Gasteiger partial charge is 0.456 e. The molecule has 0 fully saturated rings. The lowest BCUT2D eigenvalue weighted by Crippen LogP contribution is -2.31. The maximum Gasteiger partial charge on any atom is 0.265 e. The minimum absolute atomic E-state index is 0.00771. The number of hydrogen-bond donors (Lipinski definition) is 2. The summed E-state index contributed by atoms with van der Waals surface area (Å²) in [4.78, 5) is 24.0. The number of nitrogens with two attached hydrogens (primary N) is 1. The molecule has 0 saturated heterocycles. The van der Waals surface area contributed by atoms with Crippen LogP contribution >= 0.6 is 15.9 Å². The molecule has 3 aromatic rings. The predicted molar refractivity (Wildman–Crippen MR) is 112 cm³/mol. The molecule has 0 saturated carbocycles. The van der Waals surface area contributed by atoms with E-state index in [2.05, 4.69) is 21.2 Å². The molecule has 0 heterocycles. The molecule has 28 heavy (non-hydrogen) atoms. The molecule has 3 rings (SSSR count).